The zero-order valence-electron chi connectivity index (χ0n) is 15.6. The van der Waals surface area contributed by atoms with E-state index < -0.39 is 11.9 Å². The molecule has 0 aliphatic rings. The van der Waals surface area contributed by atoms with E-state index in [1.807, 2.05) is 36.6 Å². The van der Waals surface area contributed by atoms with Crippen LogP contribution in [0.2, 0.25) is 0 Å². The lowest BCUT2D eigenvalue weighted by molar-refractivity contribution is -0.111. The van der Waals surface area contributed by atoms with Gasteiger partial charge < -0.3 is 19.9 Å². The van der Waals surface area contributed by atoms with Gasteiger partial charge in [-0.05, 0) is 41.0 Å². The summed E-state index contributed by atoms with van der Waals surface area (Å²) >= 11 is 1.63. The van der Waals surface area contributed by atoms with Gasteiger partial charge in [0.25, 0.3) is 0 Å². The minimum atomic E-state index is -1.18. The van der Waals surface area contributed by atoms with Gasteiger partial charge in [-0.15, -0.1) is 11.3 Å². The summed E-state index contributed by atoms with van der Waals surface area (Å²) in [4.78, 5) is 24.0. The number of carboxylic acids is 1. The van der Waals surface area contributed by atoms with Crippen molar-refractivity contribution in [2.75, 3.05) is 19.5 Å². The van der Waals surface area contributed by atoms with Gasteiger partial charge in [0, 0.05) is 22.9 Å². The van der Waals surface area contributed by atoms with Crippen LogP contribution in [0.1, 0.15) is 22.8 Å². The molecule has 1 heterocycles. The smallest absolute Gasteiger partial charge is 0.337 e. The Morgan fingerprint density at radius 1 is 1.07 bits per heavy atom. The number of rotatable bonds is 6. The molecular formula is C21H19NO5S. The molecule has 0 aliphatic carbocycles. The summed E-state index contributed by atoms with van der Waals surface area (Å²) < 4.78 is 11.5. The first-order chi connectivity index (χ1) is 13.4. The van der Waals surface area contributed by atoms with Crippen LogP contribution < -0.4 is 14.8 Å². The number of fused-ring (bicyclic) bond motifs is 1. The zero-order chi connectivity index (χ0) is 20.3. The number of anilines is 1. The topological polar surface area (TPSA) is 84.9 Å². The Hall–Kier alpha value is -3.32. The number of carbonyl (C=O) groups is 2. The van der Waals surface area contributed by atoms with Crippen molar-refractivity contribution in [3.05, 3.63) is 59.0 Å². The number of carbonyl (C=O) groups excluding carboxylic acids is 1. The molecule has 0 saturated carbocycles. The molecule has 0 unspecified atom stereocenters. The number of ether oxygens (including phenoxy) is 2. The number of hydrogen-bond donors (Lipinski definition) is 2. The van der Waals surface area contributed by atoms with Crippen LogP contribution >= 0.6 is 11.3 Å². The number of benzene rings is 2. The highest BCUT2D eigenvalue weighted by Gasteiger charge is 2.17. The summed E-state index contributed by atoms with van der Waals surface area (Å²) in [6, 6.07) is 10.8. The Kier molecular flexibility index (Phi) is 5.65. The number of amides is 1. The average Bonchev–Trinajstić information content (AvgIpc) is 3.14. The molecule has 144 valence electrons. The van der Waals surface area contributed by atoms with Crippen LogP contribution in [0, 0.1) is 0 Å². The van der Waals surface area contributed by atoms with Crippen molar-refractivity contribution < 1.29 is 24.2 Å². The Morgan fingerprint density at radius 3 is 2.46 bits per heavy atom. The quantitative estimate of drug-likeness (QED) is 0.591. The fraction of sp³-hybridized carbons (Fsp3) is 0.143. The van der Waals surface area contributed by atoms with E-state index in [9.17, 15) is 14.7 Å². The second-order valence-electron chi connectivity index (χ2n) is 6.05. The second-order valence-corrected chi connectivity index (χ2v) is 7.00. The molecule has 3 rings (SSSR count). The molecule has 6 nitrogen and oxygen atoms in total. The number of thiophene rings is 1. The Labute approximate surface area is 166 Å². The highest BCUT2D eigenvalue weighted by Crippen LogP contribution is 2.33. The summed E-state index contributed by atoms with van der Waals surface area (Å²) in [7, 11) is 2.85. The van der Waals surface area contributed by atoms with Gasteiger partial charge in [-0.25, -0.2) is 4.79 Å². The molecule has 7 heteroatoms. The van der Waals surface area contributed by atoms with E-state index in [0.29, 0.717) is 5.75 Å². The molecule has 2 aromatic carbocycles. The van der Waals surface area contributed by atoms with Crippen LogP contribution in [0.5, 0.6) is 11.5 Å². The SMILES string of the molecule is COc1cc(NC(=O)C=C(C)c2ccc3ccsc3c2)c(C(=O)O)cc1OC. The lowest BCUT2D eigenvalue weighted by Crippen LogP contribution is -2.13. The van der Waals surface area contributed by atoms with Crippen molar-refractivity contribution in [2.45, 2.75) is 6.92 Å². The van der Waals surface area contributed by atoms with Gasteiger partial charge in [-0.2, -0.15) is 0 Å². The van der Waals surface area contributed by atoms with Crippen molar-refractivity contribution in [1.29, 1.82) is 0 Å². The molecule has 3 aromatic rings. The third-order valence-electron chi connectivity index (χ3n) is 4.27. The van der Waals surface area contributed by atoms with E-state index in [4.69, 9.17) is 9.47 Å². The monoisotopic (exact) mass is 397 g/mol. The van der Waals surface area contributed by atoms with Crippen LogP contribution in [0.3, 0.4) is 0 Å². The standard InChI is InChI=1S/C21H19NO5S/c1-12(14-5-4-13-6-7-28-19(13)9-14)8-20(23)22-16-11-18(27-3)17(26-2)10-15(16)21(24)25/h4-11H,1-3H3,(H,22,23)(H,24,25). The van der Waals surface area contributed by atoms with Crippen LogP contribution in [-0.4, -0.2) is 31.2 Å². The lowest BCUT2D eigenvalue weighted by Gasteiger charge is -2.13. The Balaban J connectivity index is 1.89. The van der Waals surface area contributed by atoms with Crippen LogP contribution in [0.15, 0.2) is 47.9 Å². The maximum atomic E-state index is 12.5. The first-order valence-electron chi connectivity index (χ1n) is 8.39. The number of aromatic carboxylic acids is 1. The molecule has 1 amide bonds. The van der Waals surface area contributed by atoms with Crippen LogP contribution in [0.25, 0.3) is 15.7 Å². The van der Waals surface area contributed by atoms with Gasteiger partial charge in [0.15, 0.2) is 11.5 Å². The molecule has 28 heavy (non-hydrogen) atoms. The Bertz CT molecular complexity index is 1080. The van der Waals surface area contributed by atoms with E-state index in [0.717, 1.165) is 21.2 Å². The molecule has 0 bridgehead atoms. The highest BCUT2D eigenvalue weighted by molar-refractivity contribution is 7.17. The zero-order valence-corrected chi connectivity index (χ0v) is 16.4. The van der Waals surface area contributed by atoms with E-state index in [2.05, 4.69) is 5.32 Å². The molecule has 0 saturated heterocycles. The van der Waals surface area contributed by atoms with Crippen molar-refractivity contribution in [3.63, 3.8) is 0 Å². The van der Waals surface area contributed by atoms with E-state index in [1.54, 1.807) is 11.3 Å². The van der Waals surface area contributed by atoms with Crippen molar-refractivity contribution in [2.24, 2.45) is 0 Å². The summed E-state index contributed by atoms with van der Waals surface area (Å²) in [5.41, 5.74) is 1.74. The Morgan fingerprint density at radius 2 is 1.79 bits per heavy atom. The minimum absolute atomic E-state index is 0.0861. The van der Waals surface area contributed by atoms with E-state index >= 15 is 0 Å². The van der Waals surface area contributed by atoms with Gasteiger partial charge in [0.05, 0.1) is 25.5 Å². The average molecular weight is 397 g/mol. The van der Waals surface area contributed by atoms with E-state index in [-0.39, 0.29) is 17.0 Å². The lowest BCUT2D eigenvalue weighted by atomic mass is 10.1. The third kappa shape index (κ3) is 3.99. The highest BCUT2D eigenvalue weighted by atomic mass is 32.1. The van der Waals surface area contributed by atoms with E-state index in [1.165, 1.54) is 32.4 Å². The van der Waals surface area contributed by atoms with Gasteiger partial charge in [0.1, 0.15) is 0 Å². The van der Waals surface area contributed by atoms with Crippen LogP contribution in [-0.2, 0) is 4.79 Å². The van der Waals surface area contributed by atoms with Crippen molar-refractivity contribution in [1.82, 2.24) is 0 Å². The number of nitrogens with one attached hydrogen (secondary N) is 1. The molecule has 1 aromatic heterocycles. The molecule has 0 fully saturated rings. The molecule has 0 atom stereocenters. The molecule has 2 N–H and O–H groups in total. The van der Waals surface area contributed by atoms with Gasteiger partial charge in [0.2, 0.25) is 5.91 Å². The van der Waals surface area contributed by atoms with Gasteiger partial charge >= 0.3 is 5.97 Å². The fourth-order valence-corrected chi connectivity index (χ4v) is 3.64. The summed E-state index contributed by atoms with van der Waals surface area (Å²) in [6.07, 6.45) is 1.44. The third-order valence-corrected chi connectivity index (χ3v) is 5.15. The van der Waals surface area contributed by atoms with Gasteiger partial charge in [-0.1, -0.05) is 12.1 Å². The van der Waals surface area contributed by atoms with Crippen molar-refractivity contribution in [3.8, 4) is 11.5 Å². The second kappa shape index (κ2) is 8.14. The first-order valence-corrected chi connectivity index (χ1v) is 9.27. The minimum Gasteiger partial charge on any atom is -0.493 e. The molecule has 0 aliphatic heterocycles. The van der Waals surface area contributed by atoms with Crippen LogP contribution in [0.4, 0.5) is 5.69 Å². The number of methoxy groups -OCH3 is 2. The predicted octanol–water partition coefficient (Wildman–Crippen LogP) is 4.66. The molecule has 0 spiro atoms. The predicted molar refractivity (Wildman–Crippen MR) is 111 cm³/mol. The van der Waals surface area contributed by atoms with Gasteiger partial charge in [-0.3, -0.25) is 4.79 Å². The maximum Gasteiger partial charge on any atom is 0.337 e. The summed E-state index contributed by atoms with van der Waals surface area (Å²) in [6.45, 7) is 1.83. The number of carboxylic acid groups (broad SMARTS) is 1. The molecular weight excluding hydrogens is 378 g/mol. The normalized spacial score (nSPS) is 11.3. The maximum absolute atomic E-state index is 12.5. The number of hydrogen-bond acceptors (Lipinski definition) is 5. The van der Waals surface area contributed by atoms with Crippen molar-refractivity contribution >= 4 is 44.6 Å². The fourth-order valence-electron chi connectivity index (χ4n) is 2.81. The summed E-state index contributed by atoms with van der Waals surface area (Å²) in [5, 5.41) is 15.2. The largest absolute Gasteiger partial charge is 0.493 e. The molecule has 0 radical (unpaired) electrons. The summed E-state index contributed by atoms with van der Waals surface area (Å²) in [5.74, 6) is -1.01. The first kappa shape index (κ1) is 19.4. The number of allylic oxidation sites excluding steroid dienone is 1.